The average molecular weight is 322 g/mol. The van der Waals surface area contributed by atoms with Crippen LogP contribution in [0.5, 0.6) is 0 Å². The minimum Gasteiger partial charge on any atom is -0.337 e. The summed E-state index contributed by atoms with van der Waals surface area (Å²) in [7, 11) is 0. The second kappa shape index (κ2) is 6.03. The number of hydrogen-bond donors (Lipinski definition) is 0. The second-order valence-electron chi connectivity index (χ2n) is 6.31. The third kappa shape index (κ3) is 2.54. The molecule has 6 nitrogen and oxygen atoms in total. The zero-order valence-electron chi connectivity index (χ0n) is 13.2. The summed E-state index contributed by atoms with van der Waals surface area (Å²) in [6.45, 7) is 1.81. The van der Waals surface area contributed by atoms with E-state index in [2.05, 4.69) is 9.97 Å². The molecule has 2 aliphatic rings. The van der Waals surface area contributed by atoms with E-state index in [-0.39, 0.29) is 23.7 Å². The van der Waals surface area contributed by atoms with Gasteiger partial charge in [0.1, 0.15) is 0 Å². The Bertz CT molecular complexity index is 750. The van der Waals surface area contributed by atoms with Crippen molar-refractivity contribution in [1.82, 2.24) is 14.9 Å². The first-order chi connectivity index (χ1) is 11.7. The Morgan fingerprint density at radius 1 is 1.08 bits per heavy atom. The van der Waals surface area contributed by atoms with Gasteiger partial charge < -0.3 is 9.80 Å². The fourth-order valence-electron chi connectivity index (χ4n) is 3.66. The molecular weight excluding hydrogens is 304 g/mol. The fraction of sp³-hybridized carbons (Fsp3) is 0.333. The van der Waals surface area contributed by atoms with Gasteiger partial charge >= 0.3 is 0 Å². The Morgan fingerprint density at radius 3 is 2.58 bits per heavy atom. The molecule has 0 bridgehead atoms. The standard InChI is InChI=1S/C18H18N4O2/c23-17(13-3-1-6-19-9-13)21-11-14-5-8-22(18(24)16(14)12-21)15-4-2-7-20-10-15/h1-4,6-7,9-10,14,16H,5,8,11-12H2/t14-,16+/m0/s1. The average Bonchev–Trinajstić information content (AvgIpc) is 3.08. The first-order valence-electron chi connectivity index (χ1n) is 8.15. The van der Waals surface area contributed by atoms with Gasteiger partial charge in [0, 0.05) is 38.2 Å². The van der Waals surface area contributed by atoms with Crippen LogP contribution in [0.15, 0.2) is 49.1 Å². The number of carbonyl (C=O) groups excluding carboxylic acids is 2. The Balaban J connectivity index is 1.51. The highest BCUT2D eigenvalue weighted by Crippen LogP contribution is 2.34. The highest BCUT2D eigenvalue weighted by atomic mass is 16.2. The monoisotopic (exact) mass is 322 g/mol. The number of pyridine rings is 2. The lowest BCUT2D eigenvalue weighted by Crippen LogP contribution is -2.45. The van der Waals surface area contributed by atoms with Gasteiger partial charge in [-0.05, 0) is 36.6 Å². The molecule has 2 aliphatic heterocycles. The second-order valence-corrected chi connectivity index (χ2v) is 6.31. The number of fused-ring (bicyclic) bond motifs is 1. The highest BCUT2D eigenvalue weighted by Gasteiger charge is 2.44. The Morgan fingerprint density at radius 2 is 1.88 bits per heavy atom. The van der Waals surface area contributed by atoms with Gasteiger partial charge in [0.2, 0.25) is 5.91 Å². The van der Waals surface area contributed by atoms with E-state index in [0.717, 1.165) is 12.1 Å². The molecule has 122 valence electrons. The van der Waals surface area contributed by atoms with Crippen molar-refractivity contribution in [1.29, 1.82) is 0 Å². The molecule has 0 N–H and O–H groups in total. The van der Waals surface area contributed by atoms with Crippen molar-refractivity contribution in [2.75, 3.05) is 24.5 Å². The maximum Gasteiger partial charge on any atom is 0.255 e. The molecule has 24 heavy (non-hydrogen) atoms. The van der Waals surface area contributed by atoms with Crippen molar-refractivity contribution in [3.63, 3.8) is 0 Å². The molecule has 0 aliphatic carbocycles. The number of carbonyl (C=O) groups is 2. The number of rotatable bonds is 2. The number of nitrogens with zero attached hydrogens (tertiary/aromatic N) is 4. The Kier molecular flexibility index (Phi) is 3.72. The summed E-state index contributed by atoms with van der Waals surface area (Å²) in [6.07, 6.45) is 7.54. The summed E-state index contributed by atoms with van der Waals surface area (Å²) in [5, 5.41) is 0. The summed E-state index contributed by atoms with van der Waals surface area (Å²) in [5.74, 6) is 0.171. The molecular formula is C18H18N4O2. The van der Waals surface area contributed by atoms with E-state index in [1.807, 2.05) is 12.1 Å². The van der Waals surface area contributed by atoms with Crippen LogP contribution in [0, 0.1) is 11.8 Å². The minimum atomic E-state index is -0.125. The summed E-state index contributed by atoms with van der Waals surface area (Å²) in [5.41, 5.74) is 1.41. The molecule has 0 radical (unpaired) electrons. The third-order valence-electron chi connectivity index (χ3n) is 4.90. The molecule has 0 saturated carbocycles. The van der Waals surface area contributed by atoms with Crippen molar-refractivity contribution in [3.8, 4) is 0 Å². The molecule has 0 spiro atoms. The van der Waals surface area contributed by atoms with Crippen LogP contribution < -0.4 is 4.90 Å². The lowest BCUT2D eigenvalue weighted by molar-refractivity contribution is -0.124. The van der Waals surface area contributed by atoms with Gasteiger partial charge in [-0.2, -0.15) is 0 Å². The van der Waals surface area contributed by atoms with Crippen molar-refractivity contribution < 1.29 is 9.59 Å². The van der Waals surface area contributed by atoms with Crippen molar-refractivity contribution in [2.24, 2.45) is 11.8 Å². The zero-order chi connectivity index (χ0) is 16.5. The predicted molar refractivity (Wildman–Crippen MR) is 88.3 cm³/mol. The van der Waals surface area contributed by atoms with Gasteiger partial charge in [0.05, 0.1) is 23.4 Å². The van der Waals surface area contributed by atoms with E-state index < -0.39 is 0 Å². The number of hydrogen-bond acceptors (Lipinski definition) is 4. The van der Waals surface area contributed by atoms with E-state index in [4.69, 9.17) is 0 Å². The summed E-state index contributed by atoms with van der Waals surface area (Å²) in [6, 6.07) is 7.26. The van der Waals surface area contributed by atoms with Crippen LogP contribution >= 0.6 is 0 Å². The molecule has 0 aromatic carbocycles. The molecule has 6 heteroatoms. The SMILES string of the molecule is O=C(c1cccnc1)N1C[C@@H]2CCN(c3cccnc3)C(=O)[C@@H]2C1. The topological polar surface area (TPSA) is 66.4 Å². The molecule has 2 aromatic rings. The van der Waals surface area contributed by atoms with Crippen LogP contribution in [-0.2, 0) is 4.79 Å². The highest BCUT2D eigenvalue weighted by molar-refractivity contribution is 5.98. The normalized spacial score (nSPS) is 23.2. The van der Waals surface area contributed by atoms with E-state index in [9.17, 15) is 9.59 Å². The van der Waals surface area contributed by atoms with Gasteiger partial charge in [0.15, 0.2) is 0 Å². The van der Waals surface area contributed by atoms with Gasteiger partial charge in [-0.3, -0.25) is 19.6 Å². The molecule has 0 unspecified atom stereocenters. The first-order valence-corrected chi connectivity index (χ1v) is 8.15. The fourth-order valence-corrected chi connectivity index (χ4v) is 3.66. The van der Waals surface area contributed by atoms with Crippen LogP contribution in [0.2, 0.25) is 0 Å². The summed E-state index contributed by atoms with van der Waals surface area (Å²) < 4.78 is 0. The number of amides is 2. The number of aromatic nitrogens is 2. The predicted octanol–water partition coefficient (Wildman–Crippen LogP) is 1.60. The van der Waals surface area contributed by atoms with Crippen LogP contribution in [0.1, 0.15) is 16.8 Å². The van der Waals surface area contributed by atoms with Crippen LogP contribution in [0.3, 0.4) is 0 Å². The van der Waals surface area contributed by atoms with Crippen molar-refractivity contribution in [2.45, 2.75) is 6.42 Å². The third-order valence-corrected chi connectivity index (χ3v) is 4.90. The summed E-state index contributed by atoms with van der Waals surface area (Å²) in [4.78, 5) is 37.1. The Labute approximate surface area is 140 Å². The van der Waals surface area contributed by atoms with Crippen molar-refractivity contribution >= 4 is 17.5 Å². The maximum atomic E-state index is 12.9. The van der Waals surface area contributed by atoms with Gasteiger partial charge in [-0.25, -0.2) is 0 Å². The molecule has 4 rings (SSSR count). The van der Waals surface area contributed by atoms with E-state index in [0.29, 0.717) is 25.2 Å². The number of anilines is 1. The van der Waals surface area contributed by atoms with Crippen molar-refractivity contribution in [3.05, 3.63) is 54.6 Å². The lowest BCUT2D eigenvalue weighted by atomic mass is 9.88. The molecule has 2 fully saturated rings. The largest absolute Gasteiger partial charge is 0.337 e. The first kappa shape index (κ1) is 14.8. The number of likely N-dealkylation sites (tertiary alicyclic amines) is 1. The van der Waals surface area contributed by atoms with E-state index >= 15 is 0 Å². The molecule has 2 saturated heterocycles. The van der Waals surface area contributed by atoms with Crippen LogP contribution in [0.25, 0.3) is 0 Å². The maximum absolute atomic E-state index is 12.9. The lowest BCUT2D eigenvalue weighted by Gasteiger charge is -2.33. The molecule has 2 atom stereocenters. The van der Waals surface area contributed by atoms with Gasteiger partial charge in [-0.1, -0.05) is 0 Å². The smallest absolute Gasteiger partial charge is 0.255 e. The molecule has 2 aromatic heterocycles. The van der Waals surface area contributed by atoms with Crippen LogP contribution in [0.4, 0.5) is 5.69 Å². The summed E-state index contributed by atoms with van der Waals surface area (Å²) >= 11 is 0. The number of piperidine rings is 1. The van der Waals surface area contributed by atoms with E-state index in [1.54, 1.807) is 46.7 Å². The van der Waals surface area contributed by atoms with Gasteiger partial charge in [-0.15, -0.1) is 0 Å². The quantitative estimate of drug-likeness (QED) is 0.842. The van der Waals surface area contributed by atoms with E-state index in [1.165, 1.54) is 0 Å². The Hall–Kier alpha value is -2.76. The van der Waals surface area contributed by atoms with Gasteiger partial charge in [0.25, 0.3) is 5.91 Å². The molecule has 4 heterocycles. The minimum absolute atomic E-state index is 0.0433. The zero-order valence-corrected chi connectivity index (χ0v) is 13.2. The molecule has 2 amide bonds. The van der Waals surface area contributed by atoms with Crippen LogP contribution in [-0.4, -0.2) is 46.3 Å².